The Morgan fingerprint density at radius 1 is 1.26 bits per heavy atom. The number of phenols is 1. The Balaban J connectivity index is 2.48. The Morgan fingerprint density at radius 3 is 2.30 bits per heavy atom. The molecule has 0 radical (unpaired) electrons. The van der Waals surface area contributed by atoms with Gasteiger partial charge in [0.05, 0.1) is 0 Å². The third-order valence-electron chi connectivity index (χ3n) is 3.48. The highest BCUT2D eigenvalue weighted by molar-refractivity contribution is 5.68. The van der Waals surface area contributed by atoms with Gasteiger partial charge in [0, 0.05) is 19.1 Å². The summed E-state index contributed by atoms with van der Waals surface area (Å²) in [5.41, 5.74) is 2.38. The van der Waals surface area contributed by atoms with E-state index in [1.807, 2.05) is 53.7 Å². The quantitative estimate of drug-likeness (QED) is 0.751. The molecule has 5 nitrogen and oxygen atoms in total. The molecule has 0 aliphatic rings. The Morgan fingerprint density at radius 2 is 1.83 bits per heavy atom. The molecule has 0 aromatic heterocycles. The van der Waals surface area contributed by atoms with Gasteiger partial charge in [0.25, 0.3) is 0 Å². The van der Waals surface area contributed by atoms with Crippen LogP contribution in [-0.4, -0.2) is 29.4 Å². The lowest BCUT2D eigenvalue weighted by Gasteiger charge is -2.23. The summed E-state index contributed by atoms with van der Waals surface area (Å²) in [6.45, 7) is 12.7. The lowest BCUT2D eigenvalue weighted by Crippen LogP contribution is -2.43. The van der Waals surface area contributed by atoms with Gasteiger partial charge in [-0.25, -0.2) is 4.79 Å². The molecule has 1 aromatic carbocycles. The van der Waals surface area contributed by atoms with Gasteiger partial charge in [0.1, 0.15) is 11.4 Å². The van der Waals surface area contributed by atoms with Crippen molar-refractivity contribution >= 4 is 6.09 Å². The molecule has 1 atom stereocenters. The van der Waals surface area contributed by atoms with Crippen LogP contribution in [0.25, 0.3) is 0 Å². The summed E-state index contributed by atoms with van der Waals surface area (Å²) in [6.07, 6.45) is 0.433. The fourth-order valence-electron chi connectivity index (χ4n) is 2.31. The number of amides is 1. The summed E-state index contributed by atoms with van der Waals surface area (Å²) in [5.74, 6) is 0.353. The molecule has 0 aliphatic carbocycles. The predicted molar refractivity (Wildman–Crippen MR) is 92.7 cm³/mol. The standard InChI is InChI=1S/C18H30N2O3/c1-7-15(20-17(22)23-18(4,5)6)11-19-10-14-8-12(2)16(21)13(3)9-14/h8-9,15,19,21H,7,10-11H2,1-6H3,(H,20,22). The second-order valence-corrected chi connectivity index (χ2v) is 6.96. The van der Waals surface area contributed by atoms with Gasteiger partial charge in [-0.2, -0.15) is 0 Å². The van der Waals surface area contributed by atoms with E-state index >= 15 is 0 Å². The van der Waals surface area contributed by atoms with Crippen LogP contribution in [0.3, 0.4) is 0 Å². The van der Waals surface area contributed by atoms with Crippen LogP contribution in [-0.2, 0) is 11.3 Å². The summed E-state index contributed by atoms with van der Waals surface area (Å²) < 4.78 is 5.27. The van der Waals surface area contributed by atoms with Crippen LogP contribution in [0.5, 0.6) is 5.75 Å². The highest BCUT2D eigenvalue weighted by atomic mass is 16.6. The zero-order valence-corrected chi connectivity index (χ0v) is 15.1. The molecule has 1 amide bonds. The number of alkyl carbamates (subject to hydrolysis) is 1. The second kappa shape index (κ2) is 8.20. The average Bonchev–Trinajstić information content (AvgIpc) is 2.41. The van der Waals surface area contributed by atoms with Crippen molar-refractivity contribution in [3.63, 3.8) is 0 Å². The number of carbonyl (C=O) groups is 1. The minimum absolute atomic E-state index is 0.0177. The van der Waals surface area contributed by atoms with E-state index in [2.05, 4.69) is 10.6 Å². The summed E-state index contributed by atoms with van der Waals surface area (Å²) in [5, 5.41) is 16.0. The molecule has 0 saturated carbocycles. The van der Waals surface area contributed by atoms with E-state index in [1.165, 1.54) is 0 Å². The maximum absolute atomic E-state index is 11.8. The van der Waals surface area contributed by atoms with Crippen molar-refractivity contribution < 1.29 is 14.6 Å². The Labute approximate surface area is 139 Å². The maximum atomic E-state index is 11.8. The normalized spacial score (nSPS) is 12.8. The number of ether oxygens (including phenoxy) is 1. The molecule has 1 rings (SSSR count). The number of nitrogens with one attached hydrogen (secondary N) is 2. The van der Waals surface area contributed by atoms with Gasteiger partial charge in [-0.05, 0) is 57.7 Å². The fourth-order valence-corrected chi connectivity index (χ4v) is 2.31. The van der Waals surface area contributed by atoms with Crippen LogP contribution in [0, 0.1) is 13.8 Å². The number of hydrogen-bond donors (Lipinski definition) is 3. The smallest absolute Gasteiger partial charge is 0.407 e. The second-order valence-electron chi connectivity index (χ2n) is 6.96. The van der Waals surface area contributed by atoms with Gasteiger partial charge < -0.3 is 20.5 Å². The SMILES string of the molecule is CCC(CNCc1cc(C)c(O)c(C)c1)NC(=O)OC(C)(C)C. The van der Waals surface area contributed by atoms with Crippen molar-refractivity contribution in [3.05, 3.63) is 28.8 Å². The van der Waals surface area contributed by atoms with E-state index in [9.17, 15) is 9.90 Å². The minimum Gasteiger partial charge on any atom is -0.507 e. The summed E-state index contributed by atoms with van der Waals surface area (Å²) >= 11 is 0. The number of aryl methyl sites for hydroxylation is 2. The molecule has 0 aliphatic heterocycles. The molecule has 3 N–H and O–H groups in total. The van der Waals surface area contributed by atoms with E-state index < -0.39 is 5.60 Å². The van der Waals surface area contributed by atoms with Gasteiger partial charge in [0.15, 0.2) is 0 Å². The molecule has 0 fully saturated rings. The number of aromatic hydroxyl groups is 1. The van der Waals surface area contributed by atoms with Crippen molar-refractivity contribution in [2.75, 3.05) is 6.54 Å². The number of carbonyl (C=O) groups excluding carboxylic acids is 1. The van der Waals surface area contributed by atoms with Gasteiger partial charge in [-0.15, -0.1) is 0 Å². The topological polar surface area (TPSA) is 70.6 Å². The zero-order valence-electron chi connectivity index (χ0n) is 15.1. The van der Waals surface area contributed by atoms with E-state index in [0.29, 0.717) is 18.8 Å². The van der Waals surface area contributed by atoms with E-state index in [1.54, 1.807) is 0 Å². The first-order valence-electron chi connectivity index (χ1n) is 8.11. The first-order chi connectivity index (χ1) is 10.6. The summed E-state index contributed by atoms with van der Waals surface area (Å²) in [7, 11) is 0. The van der Waals surface area contributed by atoms with Crippen molar-refractivity contribution in [2.45, 2.75) is 66.2 Å². The van der Waals surface area contributed by atoms with Gasteiger partial charge >= 0.3 is 6.09 Å². The van der Waals surface area contributed by atoms with Crippen LogP contribution in [0.2, 0.25) is 0 Å². The molecule has 1 aromatic rings. The molecule has 0 saturated heterocycles. The van der Waals surface area contributed by atoms with Gasteiger partial charge in [-0.3, -0.25) is 0 Å². The Hall–Kier alpha value is -1.75. The van der Waals surface area contributed by atoms with Crippen molar-refractivity contribution in [2.24, 2.45) is 0 Å². The molecule has 0 bridgehead atoms. The predicted octanol–water partition coefficient (Wildman–Crippen LogP) is 3.40. The van der Waals surface area contributed by atoms with Crippen LogP contribution in [0.1, 0.15) is 50.8 Å². The number of rotatable bonds is 6. The van der Waals surface area contributed by atoms with Crippen LogP contribution < -0.4 is 10.6 Å². The highest BCUT2D eigenvalue weighted by Gasteiger charge is 2.18. The number of phenolic OH excluding ortho intramolecular Hbond substituents is 1. The van der Waals surface area contributed by atoms with Gasteiger partial charge in [-0.1, -0.05) is 19.1 Å². The van der Waals surface area contributed by atoms with Crippen LogP contribution in [0.15, 0.2) is 12.1 Å². The lowest BCUT2D eigenvalue weighted by molar-refractivity contribution is 0.0502. The number of benzene rings is 1. The van der Waals surface area contributed by atoms with E-state index in [-0.39, 0.29) is 12.1 Å². The third kappa shape index (κ3) is 6.91. The highest BCUT2D eigenvalue weighted by Crippen LogP contribution is 2.22. The molecule has 1 unspecified atom stereocenters. The van der Waals surface area contributed by atoms with Crippen molar-refractivity contribution in [1.29, 1.82) is 0 Å². The average molecular weight is 322 g/mol. The first kappa shape index (κ1) is 19.3. The number of hydrogen-bond acceptors (Lipinski definition) is 4. The van der Waals surface area contributed by atoms with E-state index in [4.69, 9.17) is 4.74 Å². The molecule has 130 valence electrons. The first-order valence-corrected chi connectivity index (χ1v) is 8.11. The zero-order chi connectivity index (χ0) is 17.6. The van der Waals surface area contributed by atoms with Crippen molar-refractivity contribution in [3.8, 4) is 5.75 Å². The largest absolute Gasteiger partial charge is 0.507 e. The summed E-state index contributed by atoms with van der Waals surface area (Å²) in [6, 6.07) is 3.96. The Bertz CT molecular complexity index is 513. The molecule has 0 heterocycles. The fraction of sp³-hybridized carbons (Fsp3) is 0.611. The minimum atomic E-state index is -0.489. The Kier molecular flexibility index (Phi) is 6.88. The molecular weight excluding hydrogens is 292 g/mol. The molecule has 0 spiro atoms. The van der Waals surface area contributed by atoms with Crippen molar-refractivity contribution in [1.82, 2.24) is 10.6 Å². The van der Waals surface area contributed by atoms with Crippen LogP contribution >= 0.6 is 0 Å². The van der Waals surface area contributed by atoms with Gasteiger partial charge in [0.2, 0.25) is 0 Å². The summed E-state index contributed by atoms with van der Waals surface area (Å²) in [4.78, 5) is 11.8. The third-order valence-corrected chi connectivity index (χ3v) is 3.48. The molecular formula is C18H30N2O3. The van der Waals surface area contributed by atoms with E-state index in [0.717, 1.165) is 23.1 Å². The lowest BCUT2D eigenvalue weighted by atomic mass is 10.1. The monoisotopic (exact) mass is 322 g/mol. The molecule has 23 heavy (non-hydrogen) atoms. The van der Waals surface area contributed by atoms with Crippen LogP contribution in [0.4, 0.5) is 4.79 Å². The molecule has 5 heteroatoms. The maximum Gasteiger partial charge on any atom is 0.407 e.